The summed E-state index contributed by atoms with van der Waals surface area (Å²) in [4.78, 5) is 11.0. The predicted octanol–water partition coefficient (Wildman–Crippen LogP) is 3.82. The van der Waals surface area contributed by atoms with E-state index in [1.807, 2.05) is 0 Å². The molecule has 0 saturated heterocycles. The molecule has 114 valence electrons. The molecule has 0 saturated carbocycles. The van der Waals surface area contributed by atoms with Crippen molar-refractivity contribution in [3.63, 3.8) is 0 Å². The van der Waals surface area contributed by atoms with Crippen LogP contribution in [-0.2, 0) is 6.61 Å². The third-order valence-electron chi connectivity index (χ3n) is 3.27. The lowest BCUT2D eigenvalue weighted by atomic mass is 10.2. The summed E-state index contributed by atoms with van der Waals surface area (Å²) >= 11 is 0. The van der Waals surface area contributed by atoms with Crippen LogP contribution >= 0.6 is 10.6 Å². The standard InChI is InChI=1S/C15H13NO5S/c17-16(18)13-3-1-2-11(8-13)10-21-14-5-4-12-6-7-22(19,20)15(12)9-14/h1-9H,10H2,(H2-,17,18,19,20). The fourth-order valence-electron chi connectivity index (χ4n) is 2.17. The van der Waals surface area contributed by atoms with Gasteiger partial charge in [-0.2, -0.15) is 0 Å². The Morgan fingerprint density at radius 3 is 2.82 bits per heavy atom. The highest BCUT2D eigenvalue weighted by molar-refractivity contribution is 8.27. The van der Waals surface area contributed by atoms with Crippen LogP contribution in [0, 0.1) is 4.91 Å². The summed E-state index contributed by atoms with van der Waals surface area (Å²) in [6.45, 7) is 0.167. The second-order valence-electron chi connectivity index (χ2n) is 4.80. The minimum absolute atomic E-state index is 0.109. The molecule has 0 aromatic heterocycles. The number of rotatable bonds is 4. The number of nitrogens with zero attached hydrogens (tertiary/aromatic N) is 1. The van der Waals surface area contributed by atoms with Crippen molar-refractivity contribution in [1.82, 2.24) is 0 Å². The molecule has 0 fully saturated rings. The maximum absolute atomic E-state index is 11.9. The van der Waals surface area contributed by atoms with Crippen molar-refractivity contribution in [1.29, 1.82) is 0 Å². The maximum Gasteiger partial charge on any atom is 0.316 e. The number of hydrogen-bond acceptors (Lipinski definition) is 4. The fraction of sp³-hybridized carbons (Fsp3) is 0.0667. The summed E-state index contributed by atoms with van der Waals surface area (Å²) in [5.74, 6) is 0.456. The van der Waals surface area contributed by atoms with Gasteiger partial charge in [0.15, 0.2) is 0 Å². The second-order valence-corrected chi connectivity index (χ2v) is 6.65. The molecule has 1 atom stereocenters. The molecule has 2 aromatic rings. The highest BCUT2D eigenvalue weighted by atomic mass is 32.3. The van der Waals surface area contributed by atoms with Crippen LogP contribution in [0.15, 0.2) is 52.8 Å². The van der Waals surface area contributed by atoms with Crippen molar-refractivity contribution in [2.24, 2.45) is 0 Å². The molecule has 1 unspecified atom stereocenters. The molecular weight excluding hydrogens is 306 g/mol. The van der Waals surface area contributed by atoms with Crippen LogP contribution in [-0.4, -0.2) is 19.2 Å². The molecule has 2 N–H and O–H groups in total. The largest absolute Gasteiger partial charge is 0.760 e. The summed E-state index contributed by atoms with van der Waals surface area (Å²) in [6.07, 6.45) is 1.61. The Bertz CT molecular complexity index is 772. The topological polar surface area (TPSA) is 92.8 Å². The van der Waals surface area contributed by atoms with E-state index in [4.69, 9.17) is 9.94 Å². The lowest BCUT2D eigenvalue weighted by molar-refractivity contribution is -0.729. The highest BCUT2D eigenvalue weighted by Gasteiger charge is 2.16. The van der Waals surface area contributed by atoms with Crippen molar-refractivity contribution in [3.8, 4) is 5.75 Å². The average Bonchev–Trinajstić information content (AvgIpc) is 2.81. The van der Waals surface area contributed by atoms with Gasteiger partial charge in [-0.15, -0.1) is 0 Å². The van der Waals surface area contributed by atoms with E-state index >= 15 is 0 Å². The summed E-state index contributed by atoms with van der Waals surface area (Å²) in [5.41, 5.74) is 1.50. The quantitative estimate of drug-likeness (QED) is 0.836. The molecule has 2 aromatic carbocycles. The number of benzene rings is 2. The monoisotopic (exact) mass is 319 g/mol. The van der Waals surface area contributed by atoms with Crippen LogP contribution in [0.5, 0.6) is 5.75 Å². The summed E-state index contributed by atoms with van der Waals surface area (Å²) in [5, 5.41) is 10.1. The number of ether oxygens (including phenoxy) is 1. The van der Waals surface area contributed by atoms with Gasteiger partial charge in [-0.3, -0.25) is 0 Å². The normalized spacial score (nSPS) is 21.9. The van der Waals surface area contributed by atoms with E-state index in [9.17, 15) is 14.0 Å². The van der Waals surface area contributed by atoms with Crippen LogP contribution < -0.4 is 4.74 Å². The van der Waals surface area contributed by atoms with Crippen LogP contribution in [0.4, 0.5) is 5.69 Å². The Morgan fingerprint density at radius 1 is 1.23 bits per heavy atom. The SMILES string of the molecule is O=[N+](O)c1cccc(COc2ccc3c(c2)S([O-])(O)C=C3)c1. The lowest BCUT2D eigenvalue weighted by Crippen LogP contribution is -1.99. The van der Waals surface area contributed by atoms with E-state index in [1.54, 1.807) is 30.3 Å². The zero-order valence-corrected chi connectivity index (χ0v) is 12.2. The first kappa shape index (κ1) is 14.6. The van der Waals surface area contributed by atoms with Gasteiger partial charge >= 0.3 is 5.69 Å². The molecule has 0 amide bonds. The Morgan fingerprint density at radius 2 is 2.05 bits per heavy atom. The molecule has 0 radical (unpaired) electrons. The van der Waals surface area contributed by atoms with Gasteiger partial charge in [0.25, 0.3) is 4.92 Å². The second kappa shape index (κ2) is 5.45. The minimum atomic E-state index is -3.12. The zero-order chi connectivity index (χ0) is 15.7. The third kappa shape index (κ3) is 2.82. The Labute approximate surface area is 128 Å². The molecule has 0 aliphatic carbocycles. The van der Waals surface area contributed by atoms with E-state index in [-0.39, 0.29) is 17.2 Å². The van der Waals surface area contributed by atoms with Gasteiger partial charge in [0.1, 0.15) is 12.4 Å². The summed E-state index contributed by atoms with van der Waals surface area (Å²) in [6, 6.07) is 11.3. The average molecular weight is 319 g/mol. The molecule has 0 spiro atoms. The van der Waals surface area contributed by atoms with Crippen LogP contribution in [0.25, 0.3) is 6.08 Å². The minimum Gasteiger partial charge on any atom is -0.760 e. The van der Waals surface area contributed by atoms with Crippen LogP contribution in [0.1, 0.15) is 11.1 Å². The van der Waals surface area contributed by atoms with Crippen molar-refractivity contribution in [2.45, 2.75) is 11.5 Å². The molecule has 1 aliphatic rings. The Kier molecular flexibility index (Phi) is 3.61. The van der Waals surface area contributed by atoms with Gasteiger partial charge in [0, 0.05) is 23.1 Å². The van der Waals surface area contributed by atoms with Gasteiger partial charge in [0.05, 0.1) is 4.91 Å². The molecule has 22 heavy (non-hydrogen) atoms. The predicted molar refractivity (Wildman–Crippen MR) is 80.6 cm³/mol. The van der Waals surface area contributed by atoms with E-state index in [1.165, 1.54) is 23.6 Å². The van der Waals surface area contributed by atoms with Crippen molar-refractivity contribution in [2.75, 3.05) is 0 Å². The summed E-state index contributed by atoms with van der Waals surface area (Å²) < 4.78 is 27.2. The first-order chi connectivity index (χ1) is 10.5. The molecule has 1 aliphatic heterocycles. The van der Waals surface area contributed by atoms with Crippen LogP contribution in [0.2, 0.25) is 0 Å². The van der Waals surface area contributed by atoms with E-state index < -0.39 is 10.6 Å². The lowest BCUT2D eigenvalue weighted by Gasteiger charge is -2.39. The Balaban J connectivity index is 1.76. The van der Waals surface area contributed by atoms with Crippen molar-refractivity contribution >= 4 is 22.4 Å². The van der Waals surface area contributed by atoms with Crippen molar-refractivity contribution < 1.29 is 24.0 Å². The van der Waals surface area contributed by atoms with Crippen molar-refractivity contribution in [3.05, 3.63) is 63.9 Å². The van der Waals surface area contributed by atoms with Gasteiger partial charge in [-0.25, -0.2) is 5.21 Å². The molecule has 1 heterocycles. The fourth-order valence-corrected chi connectivity index (χ4v) is 3.40. The molecule has 7 heteroatoms. The Hall–Kier alpha value is -2.35. The molecular formula is C15H13NO5S. The zero-order valence-electron chi connectivity index (χ0n) is 11.4. The molecule has 3 rings (SSSR count). The highest BCUT2D eigenvalue weighted by Crippen LogP contribution is 2.56. The number of hydrogen-bond donors (Lipinski definition) is 2. The van der Waals surface area contributed by atoms with E-state index in [2.05, 4.69) is 0 Å². The molecule has 0 bridgehead atoms. The van der Waals surface area contributed by atoms with Gasteiger partial charge in [-0.1, -0.05) is 12.1 Å². The molecule has 6 nitrogen and oxygen atoms in total. The first-order valence-electron chi connectivity index (χ1n) is 6.42. The number of fused-ring (bicyclic) bond motifs is 1. The van der Waals surface area contributed by atoms with E-state index in [0.29, 0.717) is 21.8 Å². The van der Waals surface area contributed by atoms with Crippen LogP contribution in [0.3, 0.4) is 0 Å². The summed E-state index contributed by atoms with van der Waals surface area (Å²) in [7, 11) is -3.12. The van der Waals surface area contributed by atoms with Gasteiger partial charge in [-0.05, 0) is 34.7 Å². The van der Waals surface area contributed by atoms with E-state index in [0.717, 1.165) is 0 Å². The first-order valence-corrected chi connectivity index (χ1v) is 8.00. The van der Waals surface area contributed by atoms with Gasteiger partial charge < -0.3 is 24.4 Å². The smallest absolute Gasteiger partial charge is 0.316 e. The third-order valence-corrected chi connectivity index (χ3v) is 4.76. The van der Waals surface area contributed by atoms with Gasteiger partial charge in [0.2, 0.25) is 0 Å². The maximum atomic E-state index is 11.9.